The number of piperidine rings is 1. The van der Waals surface area contributed by atoms with E-state index in [1.54, 1.807) is 42.5 Å². The lowest BCUT2D eigenvalue weighted by molar-refractivity contribution is -0.140. The molecule has 8 rings (SSSR count). The van der Waals surface area contributed by atoms with Crippen LogP contribution >= 0.6 is 0 Å². The number of carboxylic acids is 1. The number of aliphatic carboxylic acids is 1. The number of carbonyl (C=O) groups is 6. The van der Waals surface area contributed by atoms with Gasteiger partial charge in [0.1, 0.15) is 17.6 Å². The van der Waals surface area contributed by atoms with Gasteiger partial charge < -0.3 is 35.3 Å². The Bertz CT molecular complexity index is 3120. The van der Waals surface area contributed by atoms with Crippen molar-refractivity contribution in [3.8, 4) is 28.1 Å². The van der Waals surface area contributed by atoms with E-state index in [-0.39, 0.29) is 55.2 Å². The van der Waals surface area contributed by atoms with E-state index in [0.29, 0.717) is 63.9 Å². The number of aliphatic hydroxyl groups is 2. The summed E-state index contributed by atoms with van der Waals surface area (Å²) in [6.07, 6.45) is 7.51. The number of carbonyl (C=O) groups excluding carboxylic acids is 5. The van der Waals surface area contributed by atoms with Crippen molar-refractivity contribution in [3.63, 3.8) is 0 Å². The number of nitrogens with one attached hydrogen (secondary N) is 3. The fourth-order valence-electron chi connectivity index (χ4n) is 10.5. The maximum Gasteiger partial charge on any atom is 0.305 e. The van der Waals surface area contributed by atoms with Crippen LogP contribution in [0.25, 0.3) is 22.4 Å². The van der Waals surface area contributed by atoms with Crippen LogP contribution in [0.5, 0.6) is 5.75 Å². The zero-order chi connectivity index (χ0) is 56.0. The molecule has 18 nitrogen and oxygen atoms in total. The summed E-state index contributed by atoms with van der Waals surface area (Å²) in [5, 5.41) is 47.9. The summed E-state index contributed by atoms with van der Waals surface area (Å²) in [5.74, 6) is -3.66. The van der Waals surface area contributed by atoms with E-state index in [0.717, 1.165) is 74.9 Å². The first-order valence-electron chi connectivity index (χ1n) is 27.3. The molecule has 416 valence electrons. The Kier molecular flexibility index (Phi) is 19.6. The molecule has 6 N–H and O–H groups in total. The molecule has 0 bridgehead atoms. The van der Waals surface area contributed by atoms with Gasteiger partial charge in [-0.05, 0) is 135 Å². The number of hydrogen-bond donors (Lipinski definition) is 6. The Morgan fingerprint density at radius 3 is 2.32 bits per heavy atom. The normalized spacial score (nSPS) is 15.1. The zero-order valence-corrected chi connectivity index (χ0v) is 44.7. The SMILES string of the molecule is CC(C)c1c(C(=O)Nc2ccccc2)c(-c2cccc(OCCCCCc3cn(CCCCCCCNc4cccc5c4C(=O)N(C4CCC(=O)NC4=O)C5=O)nn3)c2)c(-c2ccc(F)cc2)n1CC[C@@H](O)C[C@@H](O)CC(=O)O. The van der Waals surface area contributed by atoms with E-state index >= 15 is 0 Å². The van der Waals surface area contributed by atoms with Gasteiger partial charge in [0.15, 0.2) is 0 Å². The molecule has 0 saturated carbocycles. The molecule has 79 heavy (non-hydrogen) atoms. The number of fused-ring (bicyclic) bond motifs is 1. The Labute approximate surface area is 458 Å². The summed E-state index contributed by atoms with van der Waals surface area (Å²) in [7, 11) is 0. The highest BCUT2D eigenvalue weighted by Crippen LogP contribution is 2.44. The number of halogens is 1. The van der Waals surface area contributed by atoms with E-state index in [2.05, 4.69) is 26.3 Å². The standard InChI is InChI=1S/C60H69FN8O10/c1-38(2)55-54(58(76)63-42-17-8-6-9-18-42)52(56(39-23-25-41(61)26-24-39)68(55)32-29-44(70)35-45(71)36-51(73)74)40-16-14-20-46(34-40)79-33-13-7-10-19-43-37-67(66-65-43)31-12-5-3-4-11-30-62-48-22-15-21-47-53(48)60(78)69(59(47)77)49-27-28-50(72)64-57(49)75/h6,8-9,14-18,20-26,34,37-38,44-45,49,62,70-71H,3-5,7,10-13,19,27-33,35-36H2,1-2H3,(H,63,76)(H,73,74)(H,64,72,75)/t44-,45-,49?/m1/s1. The summed E-state index contributed by atoms with van der Waals surface area (Å²) in [5.41, 5.74) is 6.25. The number of carboxylic acid groups (broad SMARTS) is 1. The number of aryl methyl sites for hydroxylation is 2. The van der Waals surface area contributed by atoms with Gasteiger partial charge in [-0.1, -0.05) is 74.7 Å². The molecule has 4 aromatic carbocycles. The fraction of sp³-hybridized carbons (Fsp3) is 0.400. The Morgan fingerprint density at radius 1 is 0.810 bits per heavy atom. The maximum absolute atomic E-state index is 14.7. The second-order valence-corrected chi connectivity index (χ2v) is 20.6. The average molecular weight is 1080 g/mol. The van der Waals surface area contributed by atoms with E-state index in [9.17, 15) is 48.5 Å². The number of amides is 5. The van der Waals surface area contributed by atoms with Gasteiger partial charge in [0.25, 0.3) is 17.7 Å². The van der Waals surface area contributed by atoms with Crippen LogP contribution in [-0.2, 0) is 33.9 Å². The average Bonchev–Trinajstić information content (AvgIpc) is 4.26. The third kappa shape index (κ3) is 14.6. The lowest BCUT2D eigenvalue weighted by atomic mass is 9.94. The quantitative estimate of drug-likeness (QED) is 0.0190. The number of imide groups is 2. The van der Waals surface area contributed by atoms with Crippen molar-refractivity contribution >= 4 is 46.9 Å². The number of ether oxygens (including phenoxy) is 1. The van der Waals surface area contributed by atoms with Gasteiger partial charge in [0.05, 0.1) is 53.3 Å². The van der Waals surface area contributed by atoms with Crippen molar-refractivity contribution in [3.05, 3.63) is 137 Å². The van der Waals surface area contributed by atoms with Crippen molar-refractivity contribution in [1.82, 2.24) is 29.8 Å². The number of hydrogen-bond acceptors (Lipinski definition) is 12. The van der Waals surface area contributed by atoms with Gasteiger partial charge in [-0.25, -0.2) is 4.39 Å². The molecular weight excluding hydrogens is 1010 g/mol. The molecule has 2 aliphatic heterocycles. The first-order valence-corrected chi connectivity index (χ1v) is 27.3. The molecule has 4 heterocycles. The largest absolute Gasteiger partial charge is 0.494 e. The predicted octanol–water partition coefficient (Wildman–Crippen LogP) is 9.16. The van der Waals surface area contributed by atoms with Crippen LogP contribution in [0.3, 0.4) is 0 Å². The Hall–Kier alpha value is -8.03. The molecule has 0 spiro atoms. The van der Waals surface area contributed by atoms with Crippen LogP contribution in [0.2, 0.25) is 0 Å². The topological polar surface area (TPSA) is 247 Å². The minimum absolute atomic E-state index is 0.0656. The molecule has 3 atom stereocenters. The minimum atomic E-state index is -1.24. The van der Waals surface area contributed by atoms with Crippen molar-refractivity contribution in [2.75, 3.05) is 23.8 Å². The summed E-state index contributed by atoms with van der Waals surface area (Å²) in [6.45, 7) is 5.97. The molecule has 5 amide bonds. The van der Waals surface area contributed by atoms with Crippen LogP contribution in [0.15, 0.2) is 103 Å². The van der Waals surface area contributed by atoms with E-state index < -0.39 is 60.1 Å². The number of aromatic nitrogens is 4. The van der Waals surface area contributed by atoms with Gasteiger partial charge in [-0.15, -0.1) is 5.10 Å². The van der Waals surface area contributed by atoms with Gasteiger partial charge >= 0.3 is 5.97 Å². The molecule has 1 unspecified atom stereocenters. The minimum Gasteiger partial charge on any atom is -0.494 e. The Balaban J connectivity index is 0.821. The summed E-state index contributed by atoms with van der Waals surface area (Å²) in [6, 6.07) is 26.8. The fourth-order valence-corrected chi connectivity index (χ4v) is 10.5. The number of nitrogens with zero attached hydrogens (tertiary/aromatic N) is 5. The van der Waals surface area contributed by atoms with Crippen molar-refractivity contribution in [2.24, 2.45) is 0 Å². The third-order valence-corrected chi connectivity index (χ3v) is 14.3. The van der Waals surface area contributed by atoms with Crippen LogP contribution in [0.1, 0.15) is 146 Å². The Morgan fingerprint density at radius 2 is 1.56 bits per heavy atom. The predicted molar refractivity (Wildman–Crippen MR) is 295 cm³/mol. The second-order valence-electron chi connectivity index (χ2n) is 20.6. The smallest absolute Gasteiger partial charge is 0.305 e. The molecule has 2 aliphatic rings. The molecule has 0 aliphatic carbocycles. The lowest BCUT2D eigenvalue weighted by Crippen LogP contribution is -2.54. The summed E-state index contributed by atoms with van der Waals surface area (Å²) in [4.78, 5) is 77.5. The molecule has 1 saturated heterocycles. The van der Waals surface area contributed by atoms with Gasteiger partial charge in [0, 0.05) is 54.9 Å². The first kappa shape index (κ1) is 57.2. The molecular formula is C60H69FN8O10. The number of rotatable bonds is 29. The van der Waals surface area contributed by atoms with Crippen LogP contribution in [0.4, 0.5) is 15.8 Å². The van der Waals surface area contributed by atoms with E-state index in [4.69, 9.17) is 4.74 Å². The van der Waals surface area contributed by atoms with Crippen LogP contribution in [0, 0.1) is 5.82 Å². The third-order valence-electron chi connectivity index (χ3n) is 14.3. The van der Waals surface area contributed by atoms with Crippen LogP contribution < -0.4 is 20.7 Å². The zero-order valence-electron chi connectivity index (χ0n) is 44.7. The second kappa shape index (κ2) is 27.0. The van der Waals surface area contributed by atoms with Gasteiger partial charge in [-0.2, -0.15) is 0 Å². The van der Waals surface area contributed by atoms with Crippen molar-refractivity contribution in [2.45, 2.75) is 141 Å². The number of aliphatic hydroxyl groups excluding tert-OH is 2. The molecule has 19 heteroatoms. The highest BCUT2D eigenvalue weighted by Gasteiger charge is 2.45. The number of anilines is 2. The van der Waals surface area contributed by atoms with Crippen LogP contribution in [-0.4, -0.2) is 107 Å². The van der Waals surface area contributed by atoms with E-state index in [1.165, 1.54) is 12.1 Å². The lowest BCUT2D eigenvalue weighted by Gasteiger charge is -2.27. The highest BCUT2D eigenvalue weighted by molar-refractivity contribution is 6.25. The first-order chi connectivity index (χ1) is 38.2. The maximum atomic E-state index is 14.7. The van der Waals surface area contributed by atoms with Gasteiger partial charge in [0.2, 0.25) is 11.8 Å². The summed E-state index contributed by atoms with van der Waals surface area (Å²) >= 11 is 0. The van der Waals surface area contributed by atoms with Gasteiger partial charge in [-0.3, -0.25) is 43.7 Å². The highest BCUT2D eigenvalue weighted by atomic mass is 19.1. The molecule has 6 aromatic rings. The summed E-state index contributed by atoms with van der Waals surface area (Å²) < 4.78 is 24.7. The molecule has 2 aromatic heterocycles. The number of para-hydroxylation sites is 1. The van der Waals surface area contributed by atoms with Crippen molar-refractivity contribution < 1.29 is 53.2 Å². The molecule has 0 radical (unpaired) electrons. The van der Waals surface area contributed by atoms with Crippen molar-refractivity contribution in [1.29, 1.82) is 0 Å². The number of unbranched alkanes of at least 4 members (excludes halogenated alkanes) is 6. The molecule has 1 fully saturated rings. The number of benzene rings is 4. The monoisotopic (exact) mass is 1080 g/mol. The van der Waals surface area contributed by atoms with E-state index in [1.807, 2.05) is 71.8 Å².